The Morgan fingerprint density at radius 1 is 1.40 bits per heavy atom. The monoisotopic (exact) mass is 247 g/mol. The lowest BCUT2D eigenvalue weighted by molar-refractivity contribution is 0.0526. The number of hydrogen-bond donors (Lipinski definition) is 0. The summed E-state index contributed by atoms with van der Waals surface area (Å²) >= 11 is 11.6. The van der Waals surface area contributed by atoms with E-state index in [1.54, 1.807) is 0 Å². The van der Waals surface area contributed by atoms with E-state index in [4.69, 9.17) is 27.9 Å². The Bertz CT molecular complexity index is 341. The summed E-state index contributed by atoms with van der Waals surface area (Å²) in [5, 5.41) is 0.730. The molecule has 0 radical (unpaired) electrons. The lowest BCUT2D eigenvalue weighted by Gasteiger charge is -2.31. The zero-order valence-electron chi connectivity index (χ0n) is 8.28. The summed E-state index contributed by atoms with van der Waals surface area (Å²) in [7, 11) is 0. The van der Waals surface area contributed by atoms with E-state index in [1.807, 2.05) is 11.8 Å². The molecule has 2 heterocycles. The number of rotatable bonds is 1. The average molecular weight is 248 g/mol. The number of aromatic nitrogens is 2. The van der Waals surface area contributed by atoms with Gasteiger partial charge in [-0.3, -0.25) is 0 Å². The van der Waals surface area contributed by atoms with Crippen molar-refractivity contribution < 1.29 is 4.74 Å². The quantitative estimate of drug-likeness (QED) is 0.712. The van der Waals surface area contributed by atoms with Crippen LogP contribution in [0.15, 0.2) is 6.07 Å². The smallest absolute Gasteiger partial charge is 0.228 e. The van der Waals surface area contributed by atoms with Crippen molar-refractivity contribution in [2.75, 3.05) is 24.6 Å². The van der Waals surface area contributed by atoms with Gasteiger partial charge in [0.2, 0.25) is 5.95 Å². The Balaban J connectivity index is 2.20. The lowest BCUT2D eigenvalue weighted by Crippen LogP contribution is -2.42. The van der Waals surface area contributed by atoms with Crippen molar-refractivity contribution in [1.82, 2.24) is 9.97 Å². The first-order valence-electron chi connectivity index (χ1n) is 4.72. The molecular weight excluding hydrogens is 237 g/mol. The van der Waals surface area contributed by atoms with Crippen LogP contribution in [0, 0.1) is 0 Å². The van der Waals surface area contributed by atoms with E-state index in [1.165, 1.54) is 6.07 Å². The Labute approximate surface area is 98.2 Å². The molecule has 1 aromatic rings. The summed E-state index contributed by atoms with van der Waals surface area (Å²) in [5.41, 5.74) is 0. The summed E-state index contributed by atoms with van der Waals surface area (Å²) in [6, 6.07) is 1.52. The van der Waals surface area contributed by atoms with Gasteiger partial charge < -0.3 is 9.64 Å². The highest BCUT2D eigenvalue weighted by Gasteiger charge is 2.19. The lowest BCUT2D eigenvalue weighted by atomic mass is 10.3. The van der Waals surface area contributed by atoms with Gasteiger partial charge in [-0.05, 0) is 6.92 Å². The van der Waals surface area contributed by atoms with Gasteiger partial charge in [-0.2, -0.15) is 0 Å². The van der Waals surface area contributed by atoms with Crippen LogP contribution in [0.5, 0.6) is 0 Å². The third kappa shape index (κ3) is 2.71. The number of halogens is 2. The Kier molecular flexibility index (Phi) is 3.29. The molecule has 0 amide bonds. The van der Waals surface area contributed by atoms with Crippen molar-refractivity contribution in [3.8, 4) is 0 Å². The van der Waals surface area contributed by atoms with Crippen molar-refractivity contribution in [2.45, 2.75) is 13.0 Å². The molecule has 1 aliphatic rings. The molecule has 15 heavy (non-hydrogen) atoms. The van der Waals surface area contributed by atoms with Crippen LogP contribution < -0.4 is 4.90 Å². The first kappa shape index (κ1) is 10.9. The first-order valence-corrected chi connectivity index (χ1v) is 5.47. The van der Waals surface area contributed by atoms with Gasteiger partial charge in [0, 0.05) is 19.2 Å². The second-order valence-corrected chi connectivity index (χ2v) is 4.22. The van der Waals surface area contributed by atoms with E-state index in [2.05, 4.69) is 9.97 Å². The van der Waals surface area contributed by atoms with Crippen molar-refractivity contribution in [3.05, 3.63) is 16.4 Å². The second-order valence-electron chi connectivity index (χ2n) is 3.44. The van der Waals surface area contributed by atoms with E-state index in [0.29, 0.717) is 22.9 Å². The number of morpholine rings is 1. The first-order chi connectivity index (χ1) is 7.15. The highest BCUT2D eigenvalue weighted by molar-refractivity contribution is 6.33. The van der Waals surface area contributed by atoms with Crippen LogP contribution in [0.2, 0.25) is 10.3 Å². The molecule has 1 fully saturated rings. The minimum atomic E-state index is 0.181. The molecule has 2 rings (SSSR count). The molecular formula is C9H11Cl2N3O. The molecule has 1 atom stereocenters. The van der Waals surface area contributed by atoms with Gasteiger partial charge in [0.05, 0.1) is 12.7 Å². The van der Waals surface area contributed by atoms with Crippen LogP contribution >= 0.6 is 23.2 Å². The highest BCUT2D eigenvalue weighted by Crippen LogP contribution is 2.19. The molecule has 1 aliphatic heterocycles. The molecule has 1 aromatic heterocycles. The van der Waals surface area contributed by atoms with Crippen molar-refractivity contribution in [2.24, 2.45) is 0 Å². The molecule has 82 valence electrons. The van der Waals surface area contributed by atoms with Gasteiger partial charge in [-0.25, -0.2) is 9.97 Å². The van der Waals surface area contributed by atoms with E-state index in [9.17, 15) is 0 Å². The van der Waals surface area contributed by atoms with Crippen LogP contribution in [-0.2, 0) is 4.74 Å². The molecule has 1 saturated heterocycles. The zero-order chi connectivity index (χ0) is 10.8. The number of hydrogen-bond acceptors (Lipinski definition) is 4. The fourth-order valence-electron chi connectivity index (χ4n) is 1.52. The number of ether oxygens (including phenoxy) is 1. The van der Waals surface area contributed by atoms with Gasteiger partial charge in [0.25, 0.3) is 0 Å². The van der Waals surface area contributed by atoms with Gasteiger partial charge in [-0.15, -0.1) is 0 Å². The standard InChI is InChI=1S/C9H11Cl2N3O/c1-6-5-14(2-3-15-6)9-12-7(10)4-8(11)13-9/h4,6H,2-3,5H2,1H3. The van der Waals surface area contributed by atoms with Crippen LogP contribution in [0.4, 0.5) is 5.95 Å². The van der Waals surface area contributed by atoms with E-state index >= 15 is 0 Å². The Morgan fingerprint density at radius 3 is 2.67 bits per heavy atom. The van der Waals surface area contributed by atoms with Crippen LogP contribution in [0.25, 0.3) is 0 Å². The summed E-state index contributed by atoms with van der Waals surface area (Å²) in [4.78, 5) is 10.3. The minimum Gasteiger partial charge on any atom is -0.375 e. The summed E-state index contributed by atoms with van der Waals surface area (Å²) in [5.74, 6) is 0.572. The maximum atomic E-state index is 5.81. The van der Waals surface area contributed by atoms with E-state index < -0.39 is 0 Å². The van der Waals surface area contributed by atoms with Gasteiger partial charge >= 0.3 is 0 Å². The van der Waals surface area contributed by atoms with Crippen LogP contribution in [-0.4, -0.2) is 35.8 Å². The number of nitrogens with zero attached hydrogens (tertiary/aromatic N) is 3. The highest BCUT2D eigenvalue weighted by atomic mass is 35.5. The third-order valence-electron chi connectivity index (χ3n) is 2.18. The zero-order valence-corrected chi connectivity index (χ0v) is 9.79. The molecule has 0 aromatic carbocycles. The predicted molar refractivity (Wildman–Crippen MR) is 59.7 cm³/mol. The van der Waals surface area contributed by atoms with E-state index in [0.717, 1.165) is 13.1 Å². The molecule has 0 spiro atoms. The fraction of sp³-hybridized carbons (Fsp3) is 0.556. The summed E-state index contributed by atoms with van der Waals surface area (Å²) in [6.45, 7) is 4.21. The molecule has 0 aliphatic carbocycles. The van der Waals surface area contributed by atoms with Crippen molar-refractivity contribution in [3.63, 3.8) is 0 Å². The SMILES string of the molecule is CC1CN(c2nc(Cl)cc(Cl)n2)CCO1. The van der Waals surface area contributed by atoms with Crippen molar-refractivity contribution >= 4 is 29.2 Å². The van der Waals surface area contributed by atoms with E-state index in [-0.39, 0.29) is 6.10 Å². The molecule has 0 bridgehead atoms. The normalized spacial score (nSPS) is 21.8. The molecule has 0 N–H and O–H groups in total. The summed E-state index contributed by atoms with van der Waals surface area (Å²) < 4.78 is 5.43. The molecule has 0 saturated carbocycles. The van der Waals surface area contributed by atoms with Gasteiger partial charge in [-0.1, -0.05) is 23.2 Å². The maximum absolute atomic E-state index is 5.81. The molecule has 1 unspecified atom stereocenters. The molecule has 4 nitrogen and oxygen atoms in total. The largest absolute Gasteiger partial charge is 0.375 e. The minimum absolute atomic E-state index is 0.181. The fourth-order valence-corrected chi connectivity index (χ4v) is 1.93. The molecule has 6 heteroatoms. The van der Waals surface area contributed by atoms with Crippen molar-refractivity contribution in [1.29, 1.82) is 0 Å². The average Bonchev–Trinajstić information content (AvgIpc) is 2.16. The van der Waals surface area contributed by atoms with Crippen LogP contribution in [0.1, 0.15) is 6.92 Å². The predicted octanol–water partition coefficient (Wildman–Crippen LogP) is 2.01. The third-order valence-corrected chi connectivity index (χ3v) is 2.56. The second kappa shape index (κ2) is 4.51. The summed E-state index contributed by atoms with van der Waals surface area (Å²) in [6.07, 6.45) is 0.181. The Hall–Kier alpha value is -0.580. The maximum Gasteiger partial charge on any atom is 0.228 e. The van der Waals surface area contributed by atoms with Crippen LogP contribution in [0.3, 0.4) is 0 Å². The topological polar surface area (TPSA) is 38.2 Å². The number of anilines is 1. The Morgan fingerprint density at radius 2 is 2.07 bits per heavy atom. The van der Waals surface area contributed by atoms with Gasteiger partial charge in [0.15, 0.2) is 0 Å². The van der Waals surface area contributed by atoms with Gasteiger partial charge in [0.1, 0.15) is 10.3 Å².